The van der Waals surface area contributed by atoms with E-state index in [1.807, 2.05) is 38.4 Å². The Morgan fingerprint density at radius 1 is 1.23 bits per heavy atom. The van der Waals surface area contributed by atoms with Gasteiger partial charge in [-0.1, -0.05) is 18.2 Å². The summed E-state index contributed by atoms with van der Waals surface area (Å²) in [5.74, 6) is 7.31. The van der Waals surface area contributed by atoms with Gasteiger partial charge in [0.15, 0.2) is 0 Å². The lowest BCUT2D eigenvalue weighted by Crippen LogP contribution is -2.38. The third-order valence-electron chi connectivity index (χ3n) is 4.40. The summed E-state index contributed by atoms with van der Waals surface area (Å²) in [6.07, 6.45) is 0.840. The van der Waals surface area contributed by atoms with Crippen molar-refractivity contribution in [2.75, 3.05) is 27.2 Å². The van der Waals surface area contributed by atoms with Crippen LogP contribution in [-0.2, 0) is 0 Å². The Labute approximate surface area is 158 Å². The maximum absolute atomic E-state index is 12.5. The van der Waals surface area contributed by atoms with Gasteiger partial charge in [0, 0.05) is 22.8 Å². The van der Waals surface area contributed by atoms with Gasteiger partial charge in [0.05, 0.1) is 0 Å². The standard InChI is InChI=1S/C19H23ClN4O2/c1-13-18(24(21)19(25)23(13)12-4-11-22(2)3)17-10-9-16(26-17)14-5-7-15(20)8-6-14/h5-10,18H,1,4,11-12,21H2,2-3H3. The highest BCUT2D eigenvalue weighted by molar-refractivity contribution is 6.30. The molecule has 0 saturated carbocycles. The van der Waals surface area contributed by atoms with Crippen molar-refractivity contribution in [3.8, 4) is 11.3 Å². The van der Waals surface area contributed by atoms with E-state index in [0.717, 1.165) is 18.5 Å². The third-order valence-corrected chi connectivity index (χ3v) is 4.66. The van der Waals surface area contributed by atoms with Crippen molar-refractivity contribution in [1.29, 1.82) is 0 Å². The molecule has 1 fully saturated rings. The fourth-order valence-corrected chi connectivity index (χ4v) is 3.16. The van der Waals surface area contributed by atoms with Gasteiger partial charge in [-0.2, -0.15) is 0 Å². The number of halogens is 1. The van der Waals surface area contributed by atoms with Crippen molar-refractivity contribution in [1.82, 2.24) is 14.8 Å². The summed E-state index contributed by atoms with van der Waals surface area (Å²) in [6.45, 7) is 5.53. The quantitative estimate of drug-likeness (QED) is 0.618. The van der Waals surface area contributed by atoms with E-state index >= 15 is 0 Å². The molecule has 1 aliphatic heterocycles. The van der Waals surface area contributed by atoms with Gasteiger partial charge in [-0.3, -0.25) is 4.90 Å². The second-order valence-corrected chi connectivity index (χ2v) is 7.04. The molecule has 2 aromatic rings. The van der Waals surface area contributed by atoms with Crippen LogP contribution in [0.2, 0.25) is 5.02 Å². The van der Waals surface area contributed by atoms with E-state index in [9.17, 15) is 4.79 Å². The van der Waals surface area contributed by atoms with Crippen LogP contribution in [0.4, 0.5) is 4.79 Å². The molecule has 0 bridgehead atoms. The van der Waals surface area contributed by atoms with Crippen LogP contribution in [0.1, 0.15) is 18.2 Å². The van der Waals surface area contributed by atoms with Crippen LogP contribution >= 0.6 is 11.6 Å². The first kappa shape index (κ1) is 18.5. The van der Waals surface area contributed by atoms with Crippen molar-refractivity contribution in [3.05, 3.63) is 59.5 Å². The van der Waals surface area contributed by atoms with Crippen LogP contribution in [-0.4, -0.2) is 48.0 Å². The topological polar surface area (TPSA) is 66.0 Å². The molecule has 0 radical (unpaired) electrons. The Hall–Kier alpha value is -2.28. The van der Waals surface area contributed by atoms with Gasteiger partial charge in [-0.25, -0.2) is 15.6 Å². The number of hydrogen-bond donors (Lipinski definition) is 1. The average molecular weight is 375 g/mol. The molecule has 2 amide bonds. The highest BCUT2D eigenvalue weighted by Gasteiger charge is 2.41. The number of furan rings is 1. The van der Waals surface area contributed by atoms with E-state index in [0.29, 0.717) is 28.8 Å². The molecule has 1 saturated heterocycles. The second kappa shape index (κ2) is 7.53. The Kier molecular flexibility index (Phi) is 5.36. The predicted molar refractivity (Wildman–Crippen MR) is 102 cm³/mol. The number of amides is 2. The highest BCUT2D eigenvalue weighted by atomic mass is 35.5. The minimum absolute atomic E-state index is 0.261. The Morgan fingerprint density at radius 2 is 1.92 bits per heavy atom. The molecule has 0 aliphatic carbocycles. The maximum atomic E-state index is 12.5. The molecular weight excluding hydrogens is 352 g/mol. The molecule has 2 N–H and O–H groups in total. The molecule has 1 aliphatic rings. The molecule has 7 heteroatoms. The third kappa shape index (κ3) is 3.62. The molecule has 1 aromatic carbocycles. The summed E-state index contributed by atoms with van der Waals surface area (Å²) in [4.78, 5) is 16.2. The fraction of sp³-hybridized carbons (Fsp3) is 0.316. The smallest absolute Gasteiger partial charge is 0.339 e. The van der Waals surface area contributed by atoms with Gasteiger partial charge in [0.1, 0.15) is 17.6 Å². The maximum Gasteiger partial charge on any atom is 0.339 e. The van der Waals surface area contributed by atoms with Crippen LogP contribution in [0.15, 0.2) is 53.1 Å². The van der Waals surface area contributed by atoms with E-state index in [4.69, 9.17) is 21.9 Å². The van der Waals surface area contributed by atoms with E-state index in [1.54, 1.807) is 17.0 Å². The predicted octanol–water partition coefficient (Wildman–Crippen LogP) is 3.72. The SMILES string of the molecule is C=C1C(c2ccc(-c3ccc(Cl)cc3)o2)N(N)C(=O)N1CCCN(C)C. The van der Waals surface area contributed by atoms with Crippen LogP contribution in [0, 0.1) is 0 Å². The number of carbonyl (C=O) groups excluding carboxylic acids is 1. The summed E-state index contributed by atoms with van der Waals surface area (Å²) < 4.78 is 5.96. The first-order chi connectivity index (χ1) is 12.4. The van der Waals surface area contributed by atoms with Gasteiger partial charge >= 0.3 is 6.03 Å². The molecular formula is C19H23ClN4O2. The largest absolute Gasteiger partial charge is 0.458 e. The summed E-state index contributed by atoms with van der Waals surface area (Å²) in [5.41, 5.74) is 1.54. The van der Waals surface area contributed by atoms with Crippen LogP contribution < -0.4 is 5.84 Å². The lowest BCUT2D eigenvalue weighted by atomic mass is 10.1. The van der Waals surface area contributed by atoms with Crippen molar-refractivity contribution in [2.24, 2.45) is 5.84 Å². The van der Waals surface area contributed by atoms with Crippen LogP contribution in [0.5, 0.6) is 0 Å². The molecule has 1 atom stereocenters. The average Bonchev–Trinajstić information content (AvgIpc) is 3.14. The Bertz CT molecular complexity index is 800. The number of hydrazine groups is 1. The molecule has 26 heavy (non-hydrogen) atoms. The zero-order valence-electron chi connectivity index (χ0n) is 15.0. The number of rotatable bonds is 6. The molecule has 1 unspecified atom stereocenters. The minimum Gasteiger partial charge on any atom is -0.458 e. The number of benzene rings is 1. The van der Waals surface area contributed by atoms with E-state index in [1.165, 1.54) is 5.01 Å². The van der Waals surface area contributed by atoms with Gasteiger partial charge < -0.3 is 9.32 Å². The molecule has 0 spiro atoms. The van der Waals surface area contributed by atoms with Gasteiger partial charge in [0.25, 0.3) is 0 Å². The van der Waals surface area contributed by atoms with Crippen molar-refractivity contribution in [3.63, 3.8) is 0 Å². The second-order valence-electron chi connectivity index (χ2n) is 6.60. The highest BCUT2D eigenvalue weighted by Crippen LogP contribution is 2.37. The van der Waals surface area contributed by atoms with Gasteiger partial charge in [-0.15, -0.1) is 0 Å². The van der Waals surface area contributed by atoms with Gasteiger partial charge in [-0.05, 0) is 63.5 Å². The first-order valence-electron chi connectivity index (χ1n) is 8.43. The lowest BCUT2D eigenvalue weighted by Gasteiger charge is -2.17. The molecule has 1 aromatic heterocycles. The van der Waals surface area contributed by atoms with E-state index in [2.05, 4.69) is 11.5 Å². The zero-order valence-corrected chi connectivity index (χ0v) is 15.7. The molecule has 138 valence electrons. The lowest BCUT2D eigenvalue weighted by molar-refractivity contribution is 0.183. The summed E-state index contributed by atoms with van der Waals surface area (Å²) in [7, 11) is 4.00. The number of urea groups is 1. The normalized spacial score (nSPS) is 17.7. The van der Waals surface area contributed by atoms with Crippen molar-refractivity contribution in [2.45, 2.75) is 12.5 Å². The van der Waals surface area contributed by atoms with E-state index < -0.39 is 6.04 Å². The summed E-state index contributed by atoms with van der Waals surface area (Å²) in [5, 5.41) is 1.85. The Morgan fingerprint density at radius 3 is 2.58 bits per heavy atom. The molecule has 2 heterocycles. The number of carbonyl (C=O) groups is 1. The molecule has 6 nitrogen and oxygen atoms in total. The molecule has 3 rings (SSSR count). The summed E-state index contributed by atoms with van der Waals surface area (Å²) >= 11 is 5.93. The summed E-state index contributed by atoms with van der Waals surface area (Å²) in [6, 6.07) is 10.3. The zero-order chi connectivity index (χ0) is 18.8. The van der Waals surface area contributed by atoms with Crippen LogP contribution in [0.3, 0.4) is 0 Å². The minimum atomic E-state index is -0.497. The number of nitrogens with zero attached hydrogens (tertiary/aromatic N) is 3. The first-order valence-corrected chi connectivity index (χ1v) is 8.81. The number of nitrogens with two attached hydrogens (primary N) is 1. The fourth-order valence-electron chi connectivity index (χ4n) is 3.04. The Balaban J connectivity index is 1.77. The van der Waals surface area contributed by atoms with Gasteiger partial charge in [0.2, 0.25) is 0 Å². The monoisotopic (exact) mass is 374 g/mol. The van der Waals surface area contributed by atoms with Crippen molar-refractivity contribution >= 4 is 17.6 Å². The van der Waals surface area contributed by atoms with E-state index in [-0.39, 0.29) is 6.03 Å². The van der Waals surface area contributed by atoms with Crippen molar-refractivity contribution < 1.29 is 9.21 Å². The van der Waals surface area contributed by atoms with Crippen LogP contribution in [0.25, 0.3) is 11.3 Å². The number of hydrogen-bond acceptors (Lipinski definition) is 4.